The Kier molecular flexibility index (Phi) is 3.28. The van der Waals surface area contributed by atoms with E-state index in [9.17, 15) is 4.79 Å². The van der Waals surface area contributed by atoms with Crippen LogP contribution in [0.5, 0.6) is 5.75 Å². The lowest BCUT2D eigenvalue weighted by atomic mass is 9.93. The molecule has 0 saturated heterocycles. The largest absolute Gasteiger partial charge is 0.496 e. The average molecular weight is 205 g/mol. The number of benzene rings is 1. The van der Waals surface area contributed by atoms with E-state index >= 15 is 0 Å². The third-order valence-electron chi connectivity index (χ3n) is 2.34. The highest BCUT2D eigenvalue weighted by Gasteiger charge is 2.23. The molecule has 0 aliphatic heterocycles. The molecular formula is C12H15NO2. The molecule has 3 nitrogen and oxygen atoms in total. The maximum Gasteiger partial charge on any atom is 0.235 e. The van der Waals surface area contributed by atoms with Crippen molar-refractivity contribution >= 4 is 6.08 Å². The van der Waals surface area contributed by atoms with Gasteiger partial charge >= 0.3 is 0 Å². The van der Waals surface area contributed by atoms with Gasteiger partial charge < -0.3 is 4.74 Å². The standard InChI is InChI=1S/C12H15NO2/c1-9-5-6-10(11(7-9)15-4)12(2,3)13-8-14/h5-7H,1-4H3. The molecule has 0 aliphatic carbocycles. The van der Waals surface area contributed by atoms with Crippen LogP contribution in [-0.2, 0) is 10.3 Å². The minimum Gasteiger partial charge on any atom is -0.496 e. The number of hydrogen-bond acceptors (Lipinski definition) is 3. The van der Waals surface area contributed by atoms with Gasteiger partial charge in [-0.25, -0.2) is 4.79 Å². The number of hydrogen-bond donors (Lipinski definition) is 0. The number of nitrogens with zero attached hydrogens (tertiary/aromatic N) is 1. The molecule has 0 atom stereocenters. The van der Waals surface area contributed by atoms with Gasteiger partial charge in [-0.2, -0.15) is 4.99 Å². The number of isocyanates is 1. The van der Waals surface area contributed by atoms with E-state index in [2.05, 4.69) is 4.99 Å². The second-order valence-electron chi connectivity index (χ2n) is 3.97. The summed E-state index contributed by atoms with van der Waals surface area (Å²) in [5, 5.41) is 0. The molecular weight excluding hydrogens is 190 g/mol. The summed E-state index contributed by atoms with van der Waals surface area (Å²) in [6, 6.07) is 5.83. The molecule has 0 saturated carbocycles. The first-order valence-electron chi connectivity index (χ1n) is 4.75. The summed E-state index contributed by atoms with van der Waals surface area (Å²) in [5.41, 5.74) is 1.40. The van der Waals surface area contributed by atoms with Crippen LogP contribution in [-0.4, -0.2) is 13.2 Å². The monoisotopic (exact) mass is 205 g/mol. The van der Waals surface area contributed by atoms with E-state index in [1.54, 1.807) is 13.2 Å². The highest BCUT2D eigenvalue weighted by atomic mass is 16.5. The van der Waals surface area contributed by atoms with Crippen LogP contribution in [0.1, 0.15) is 25.0 Å². The zero-order valence-corrected chi connectivity index (χ0v) is 9.50. The Bertz CT molecular complexity index is 404. The number of rotatable bonds is 3. The second kappa shape index (κ2) is 4.28. The van der Waals surface area contributed by atoms with Gasteiger partial charge in [-0.15, -0.1) is 0 Å². The van der Waals surface area contributed by atoms with Crippen LogP contribution in [0, 0.1) is 6.92 Å². The van der Waals surface area contributed by atoms with Gasteiger partial charge in [0.2, 0.25) is 6.08 Å². The molecule has 0 aliphatic rings. The van der Waals surface area contributed by atoms with Crippen LogP contribution in [0.2, 0.25) is 0 Å². The molecule has 80 valence electrons. The first-order chi connectivity index (χ1) is 7.01. The van der Waals surface area contributed by atoms with E-state index in [1.807, 2.05) is 39.0 Å². The molecule has 0 fully saturated rings. The van der Waals surface area contributed by atoms with Gasteiger partial charge in [0, 0.05) is 5.56 Å². The Balaban J connectivity index is 3.30. The topological polar surface area (TPSA) is 38.7 Å². The lowest BCUT2D eigenvalue weighted by Gasteiger charge is -2.21. The van der Waals surface area contributed by atoms with Crippen molar-refractivity contribution < 1.29 is 9.53 Å². The molecule has 0 amide bonds. The summed E-state index contributed by atoms with van der Waals surface area (Å²) in [6.07, 6.45) is 1.59. The van der Waals surface area contributed by atoms with Crippen molar-refractivity contribution in [2.45, 2.75) is 26.3 Å². The van der Waals surface area contributed by atoms with Crippen LogP contribution in [0.3, 0.4) is 0 Å². The molecule has 15 heavy (non-hydrogen) atoms. The summed E-state index contributed by atoms with van der Waals surface area (Å²) in [6.45, 7) is 5.69. The minimum absolute atomic E-state index is 0.596. The number of ether oxygens (including phenoxy) is 1. The Morgan fingerprint density at radius 3 is 2.60 bits per heavy atom. The summed E-state index contributed by atoms with van der Waals surface area (Å²) in [4.78, 5) is 14.1. The van der Waals surface area contributed by atoms with Crippen molar-refractivity contribution in [3.05, 3.63) is 29.3 Å². The van der Waals surface area contributed by atoms with Gasteiger partial charge in [-0.05, 0) is 32.4 Å². The molecule has 0 unspecified atom stereocenters. The van der Waals surface area contributed by atoms with Crippen molar-refractivity contribution in [2.24, 2.45) is 4.99 Å². The van der Waals surface area contributed by atoms with Gasteiger partial charge in [-0.3, -0.25) is 0 Å². The maximum absolute atomic E-state index is 10.3. The van der Waals surface area contributed by atoms with Crippen LogP contribution in [0.4, 0.5) is 0 Å². The SMILES string of the molecule is COc1cc(C)ccc1C(C)(C)N=C=O. The average Bonchev–Trinajstić information content (AvgIpc) is 2.17. The molecule has 0 bridgehead atoms. The van der Waals surface area contributed by atoms with Crippen molar-refractivity contribution in [1.82, 2.24) is 0 Å². The van der Waals surface area contributed by atoms with Crippen LogP contribution < -0.4 is 4.74 Å². The molecule has 3 heteroatoms. The lowest BCUT2D eigenvalue weighted by Crippen LogP contribution is -2.14. The summed E-state index contributed by atoms with van der Waals surface area (Å²) >= 11 is 0. The van der Waals surface area contributed by atoms with Crippen molar-refractivity contribution in [3.8, 4) is 5.75 Å². The molecule has 0 N–H and O–H groups in total. The Labute approximate surface area is 89.8 Å². The Morgan fingerprint density at radius 2 is 2.07 bits per heavy atom. The fourth-order valence-corrected chi connectivity index (χ4v) is 1.48. The van der Waals surface area contributed by atoms with E-state index in [0.29, 0.717) is 0 Å². The van der Waals surface area contributed by atoms with Crippen molar-refractivity contribution in [1.29, 1.82) is 0 Å². The molecule has 0 aromatic heterocycles. The number of aliphatic imine (C=N–C) groups is 1. The van der Waals surface area contributed by atoms with E-state index in [4.69, 9.17) is 4.74 Å². The predicted molar refractivity (Wildman–Crippen MR) is 58.9 cm³/mol. The zero-order chi connectivity index (χ0) is 11.5. The molecule has 1 rings (SSSR count). The molecule has 1 aromatic rings. The third kappa shape index (κ3) is 2.45. The number of aryl methyl sites for hydroxylation is 1. The minimum atomic E-state index is -0.596. The van der Waals surface area contributed by atoms with Gasteiger partial charge in [0.1, 0.15) is 5.75 Å². The molecule has 0 radical (unpaired) electrons. The Morgan fingerprint density at radius 1 is 1.40 bits per heavy atom. The van der Waals surface area contributed by atoms with E-state index in [1.165, 1.54) is 0 Å². The van der Waals surface area contributed by atoms with Crippen LogP contribution >= 0.6 is 0 Å². The summed E-state index contributed by atoms with van der Waals surface area (Å²) in [7, 11) is 1.61. The van der Waals surface area contributed by atoms with Gasteiger partial charge in [0.05, 0.1) is 12.6 Å². The fourth-order valence-electron chi connectivity index (χ4n) is 1.48. The summed E-state index contributed by atoms with van der Waals surface area (Å²) < 4.78 is 5.27. The first-order valence-corrected chi connectivity index (χ1v) is 4.75. The number of methoxy groups -OCH3 is 1. The number of carbonyl (C=O) groups excluding carboxylic acids is 1. The van der Waals surface area contributed by atoms with Crippen molar-refractivity contribution in [3.63, 3.8) is 0 Å². The van der Waals surface area contributed by atoms with E-state index in [0.717, 1.165) is 16.9 Å². The molecule has 1 aromatic carbocycles. The van der Waals surface area contributed by atoms with Gasteiger partial charge in [0.15, 0.2) is 0 Å². The lowest BCUT2D eigenvalue weighted by molar-refractivity contribution is 0.394. The van der Waals surface area contributed by atoms with Crippen LogP contribution in [0.25, 0.3) is 0 Å². The quantitative estimate of drug-likeness (QED) is 0.562. The second-order valence-corrected chi connectivity index (χ2v) is 3.97. The van der Waals surface area contributed by atoms with Crippen molar-refractivity contribution in [2.75, 3.05) is 7.11 Å². The fraction of sp³-hybridized carbons (Fsp3) is 0.417. The first kappa shape index (κ1) is 11.5. The van der Waals surface area contributed by atoms with Gasteiger partial charge in [-0.1, -0.05) is 12.1 Å². The normalized spacial score (nSPS) is 10.7. The van der Waals surface area contributed by atoms with Crippen LogP contribution in [0.15, 0.2) is 23.2 Å². The third-order valence-corrected chi connectivity index (χ3v) is 2.34. The highest BCUT2D eigenvalue weighted by Crippen LogP contribution is 2.32. The van der Waals surface area contributed by atoms with E-state index < -0.39 is 5.54 Å². The van der Waals surface area contributed by atoms with Gasteiger partial charge in [0.25, 0.3) is 0 Å². The summed E-state index contributed by atoms with van der Waals surface area (Å²) in [5.74, 6) is 0.749. The molecule has 0 heterocycles. The predicted octanol–water partition coefficient (Wildman–Crippen LogP) is 2.57. The van der Waals surface area contributed by atoms with E-state index in [-0.39, 0.29) is 0 Å². The highest BCUT2D eigenvalue weighted by molar-refractivity contribution is 5.44. The molecule has 0 spiro atoms. The zero-order valence-electron chi connectivity index (χ0n) is 9.50. The maximum atomic E-state index is 10.3. The smallest absolute Gasteiger partial charge is 0.235 e. The Hall–Kier alpha value is -1.60.